The lowest BCUT2D eigenvalue weighted by Gasteiger charge is -2.32. The zero-order valence-electron chi connectivity index (χ0n) is 15.3. The molecule has 5 nitrogen and oxygen atoms in total. The predicted octanol–water partition coefficient (Wildman–Crippen LogP) is 2.73. The van der Waals surface area contributed by atoms with Crippen molar-refractivity contribution < 1.29 is 9.59 Å². The molecule has 2 amide bonds. The number of piperidine rings is 1. The molecule has 1 aromatic heterocycles. The standard InChI is InChI=1S/C21H25N3O2S/c22-12-14-2-1-3-15(10-14)18-11-19(18)21(26)24-7-4-17(5-8-24)23-20(25)16-6-9-27-13-16/h1-3,6,9-10,13,17-19H,4-5,7-8,11-12,22H2,(H,23,25)/t18-,19+/m0/s1. The number of rotatable bonds is 5. The number of amides is 2. The first kappa shape index (κ1) is 18.2. The zero-order chi connectivity index (χ0) is 18.8. The lowest BCUT2D eigenvalue weighted by Crippen LogP contribution is -2.47. The van der Waals surface area contributed by atoms with E-state index in [-0.39, 0.29) is 23.8 Å². The largest absolute Gasteiger partial charge is 0.349 e. The van der Waals surface area contributed by atoms with Gasteiger partial charge in [0.1, 0.15) is 0 Å². The zero-order valence-corrected chi connectivity index (χ0v) is 16.1. The van der Waals surface area contributed by atoms with Crippen molar-refractivity contribution in [2.45, 2.75) is 37.8 Å². The van der Waals surface area contributed by atoms with E-state index in [4.69, 9.17) is 5.73 Å². The van der Waals surface area contributed by atoms with Crippen LogP contribution < -0.4 is 11.1 Å². The molecule has 0 radical (unpaired) electrons. The Balaban J connectivity index is 1.27. The van der Waals surface area contributed by atoms with Gasteiger partial charge in [0.2, 0.25) is 5.91 Å². The predicted molar refractivity (Wildman–Crippen MR) is 107 cm³/mol. The van der Waals surface area contributed by atoms with E-state index in [2.05, 4.69) is 17.4 Å². The van der Waals surface area contributed by atoms with Gasteiger partial charge in [-0.25, -0.2) is 0 Å². The van der Waals surface area contributed by atoms with Crippen molar-refractivity contribution in [2.75, 3.05) is 13.1 Å². The van der Waals surface area contributed by atoms with Crippen molar-refractivity contribution in [3.8, 4) is 0 Å². The number of nitrogens with two attached hydrogens (primary N) is 1. The third-order valence-corrected chi connectivity index (χ3v) is 6.33. The van der Waals surface area contributed by atoms with Gasteiger partial charge in [-0.2, -0.15) is 11.3 Å². The maximum Gasteiger partial charge on any atom is 0.252 e. The summed E-state index contributed by atoms with van der Waals surface area (Å²) in [7, 11) is 0. The van der Waals surface area contributed by atoms with Gasteiger partial charge in [-0.05, 0) is 47.8 Å². The van der Waals surface area contributed by atoms with Crippen LogP contribution in [0.1, 0.15) is 46.7 Å². The Labute approximate surface area is 163 Å². The molecule has 2 heterocycles. The van der Waals surface area contributed by atoms with E-state index in [0.29, 0.717) is 12.5 Å². The van der Waals surface area contributed by atoms with E-state index >= 15 is 0 Å². The van der Waals surface area contributed by atoms with Crippen LogP contribution in [0.4, 0.5) is 0 Å². The fourth-order valence-corrected chi connectivity index (χ4v) is 4.56. The van der Waals surface area contributed by atoms with E-state index in [9.17, 15) is 9.59 Å². The lowest BCUT2D eigenvalue weighted by atomic mass is 10.0. The van der Waals surface area contributed by atoms with E-state index in [1.165, 1.54) is 16.9 Å². The minimum Gasteiger partial charge on any atom is -0.349 e. The van der Waals surface area contributed by atoms with Gasteiger partial charge >= 0.3 is 0 Å². The van der Waals surface area contributed by atoms with E-state index in [1.54, 1.807) is 0 Å². The highest BCUT2D eigenvalue weighted by atomic mass is 32.1. The third-order valence-electron chi connectivity index (χ3n) is 5.65. The Morgan fingerprint density at radius 3 is 2.74 bits per heavy atom. The van der Waals surface area contributed by atoms with Gasteiger partial charge in [0, 0.05) is 42.5 Å². The lowest BCUT2D eigenvalue weighted by molar-refractivity contribution is -0.133. The molecule has 27 heavy (non-hydrogen) atoms. The van der Waals surface area contributed by atoms with Crippen molar-refractivity contribution in [3.05, 3.63) is 57.8 Å². The SMILES string of the molecule is NCc1cccc([C@@H]2C[C@H]2C(=O)N2CCC(NC(=O)c3ccsc3)CC2)c1. The summed E-state index contributed by atoms with van der Waals surface area (Å²) < 4.78 is 0. The van der Waals surface area contributed by atoms with Crippen LogP contribution in [0, 0.1) is 5.92 Å². The smallest absolute Gasteiger partial charge is 0.252 e. The number of benzene rings is 1. The summed E-state index contributed by atoms with van der Waals surface area (Å²) in [5.74, 6) is 0.693. The van der Waals surface area contributed by atoms with E-state index < -0.39 is 0 Å². The van der Waals surface area contributed by atoms with Gasteiger partial charge < -0.3 is 16.0 Å². The number of carbonyl (C=O) groups is 2. The molecule has 1 aliphatic heterocycles. The van der Waals surface area contributed by atoms with Gasteiger partial charge in [-0.15, -0.1) is 0 Å². The number of hydrogen-bond donors (Lipinski definition) is 2. The van der Waals surface area contributed by atoms with Crippen LogP contribution >= 0.6 is 11.3 Å². The molecule has 0 bridgehead atoms. The van der Waals surface area contributed by atoms with Gasteiger partial charge in [0.15, 0.2) is 0 Å². The number of nitrogens with one attached hydrogen (secondary N) is 1. The molecule has 1 saturated carbocycles. The summed E-state index contributed by atoms with van der Waals surface area (Å²) in [6.45, 7) is 1.97. The van der Waals surface area contributed by atoms with E-state index in [1.807, 2.05) is 33.9 Å². The minimum absolute atomic E-state index is 0.0110. The average Bonchev–Trinajstić information content (AvgIpc) is 3.31. The van der Waals surface area contributed by atoms with Crippen LogP contribution in [0.5, 0.6) is 0 Å². The molecule has 2 atom stereocenters. The Morgan fingerprint density at radius 2 is 2.04 bits per heavy atom. The molecule has 0 spiro atoms. The van der Waals surface area contributed by atoms with Crippen molar-refractivity contribution in [3.63, 3.8) is 0 Å². The maximum absolute atomic E-state index is 12.8. The van der Waals surface area contributed by atoms with Gasteiger partial charge in [0.05, 0.1) is 0 Å². The molecule has 1 aliphatic carbocycles. The highest BCUT2D eigenvalue weighted by molar-refractivity contribution is 7.08. The number of hydrogen-bond acceptors (Lipinski definition) is 4. The van der Waals surface area contributed by atoms with Crippen LogP contribution in [-0.2, 0) is 11.3 Å². The summed E-state index contributed by atoms with van der Waals surface area (Å²) in [4.78, 5) is 27.0. The Kier molecular flexibility index (Phi) is 5.27. The number of thiophene rings is 1. The van der Waals surface area contributed by atoms with Crippen LogP contribution in [0.15, 0.2) is 41.1 Å². The van der Waals surface area contributed by atoms with Gasteiger partial charge in [-0.3, -0.25) is 9.59 Å². The molecule has 4 rings (SSSR count). The molecule has 6 heteroatoms. The maximum atomic E-state index is 12.8. The first-order valence-electron chi connectivity index (χ1n) is 9.56. The quantitative estimate of drug-likeness (QED) is 0.834. The molecular formula is C21H25N3O2S. The second-order valence-corrected chi connectivity index (χ2v) is 8.26. The molecule has 1 saturated heterocycles. The highest BCUT2D eigenvalue weighted by Crippen LogP contribution is 2.48. The molecular weight excluding hydrogens is 358 g/mol. The number of likely N-dealkylation sites (tertiary alicyclic amines) is 1. The second kappa shape index (κ2) is 7.82. The molecule has 2 aromatic rings. The molecule has 3 N–H and O–H groups in total. The van der Waals surface area contributed by atoms with Crippen molar-refractivity contribution >= 4 is 23.2 Å². The molecule has 0 unspecified atom stereocenters. The summed E-state index contributed by atoms with van der Waals surface area (Å²) in [5.41, 5.74) is 8.79. The highest BCUT2D eigenvalue weighted by Gasteiger charge is 2.46. The van der Waals surface area contributed by atoms with Crippen LogP contribution in [0.3, 0.4) is 0 Å². The van der Waals surface area contributed by atoms with E-state index in [0.717, 1.165) is 43.5 Å². The fourth-order valence-electron chi connectivity index (χ4n) is 3.93. The van der Waals surface area contributed by atoms with Crippen LogP contribution in [0.2, 0.25) is 0 Å². The molecule has 2 aliphatic rings. The average molecular weight is 384 g/mol. The number of carbonyl (C=O) groups excluding carboxylic acids is 2. The van der Waals surface area contributed by atoms with Crippen molar-refractivity contribution in [1.29, 1.82) is 0 Å². The molecule has 1 aromatic carbocycles. The summed E-state index contributed by atoms with van der Waals surface area (Å²) >= 11 is 1.52. The first-order valence-corrected chi connectivity index (χ1v) is 10.5. The van der Waals surface area contributed by atoms with Crippen molar-refractivity contribution in [2.24, 2.45) is 11.7 Å². The Morgan fingerprint density at radius 1 is 1.22 bits per heavy atom. The van der Waals surface area contributed by atoms with Gasteiger partial charge in [-0.1, -0.05) is 24.3 Å². The number of nitrogens with zero attached hydrogens (tertiary/aromatic N) is 1. The minimum atomic E-state index is -0.0110. The van der Waals surface area contributed by atoms with Gasteiger partial charge in [0.25, 0.3) is 5.91 Å². The third kappa shape index (κ3) is 4.06. The topological polar surface area (TPSA) is 75.4 Å². The molecule has 142 valence electrons. The Hall–Kier alpha value is -2.18. The summed E-state index contributed by atoms with van der Waals surface area (Å²) in [6, 6.07) is 10.3. The van der Waals surface area contributed by atoms with Crippen LogP contribution in [0.25, 0.3) is 0 Å². The fraction of sp³-hybridized carbons (Fsp3) is 0.429. The van der Waals surface area contributed by atoms with Crippen LogP contribution in [-0.4, -0.2) is 35.8 Å². The summed E-state index contributed by atoms with van der Waals surface area (Å²) in [5, 5.41) is 6.86. The first-order chi connectivity index (χ1) is 13.2. The monoisotopic (exact) mass is 383 g/mol. The normalized spacial score (nSPS) is 22.5. The Bertz CT molecular complexity index is 813. The molecule has 2 fully saturated rings. The van der Waals surface area contributed by atoms with Crippen molar-refractivity contribution in [1.82, 2.24) is 10.2 Å². The summed E-state index contributed by atoms with van der Waals surface area (Å²) in [6.07, 6.45) is 2.57. The second-order valence-electron chi connectivity index (χ2n) is 7.48.